The molecule has 0 bridgehead atoms. The van der Waals surface area contributed by atoms with E-state index in [2.05, 4.69) is 10.3 Å². The molecule has 1 N–H and O–H groups in total. The van der Waals surface area contributed by atoms with Gasteiger partial charge in [0.05, 0.1) is 5.56 Å². The van der Waals surface area contributed by atoms with Crippen molar-refractivity contribution in [2.24, 2.45) is 5.41 Å². The maximum atomic E-state index is 13.8. The molecule has 1 fully saturated rings. The molecule has 0 saturated heterocycles. The molecule has 0 radical (unpaired) electrons. The van der Waals surface area contributed by atoms with Crippen LogP contribution in [0, 0.1) is 5.41 Å². The number of rotatable bonds is 3. The van der Waals surface area contributed by atoms with Crippen LogP contribution in [0.5, 0.6) is 0 Å². The highest BCUT2D eigenvalue weighted by molar-refractivity contribution is 5.92. The molecule has 0 spiro atoms. The van der Waals surface area contributed by atoms with Crippen molar-refractivity contribution in [2.45, 2.75) is 51.4 Å². The highest BCUT2D eigenvalue weighted by atomic mass is 19.4. The van der Waals surface area contributed by atoms with Crippen LogP contribution >= 0.6 is 0 Å². The number of alkyl halides is 4. The molecule has 0 aromatic carbocycles. The number of nitrogens with zero attached hydrogens (tertiary/aromatic N) is 1. The topological polar surface area (TPSA) is 42.0 Å². The van der Waals surface area contributed by atoms with Crippen molar-refractivity contribution < 1.29 is 22.4 Å². The maximum Gasteiger partial charge on any atom is 0.417 e. The van der Waals surface area contributed by atoms with Gasteiger partial charge < -0.3 is 5.32 Å². The first-order valence-electron chi connectivity index (χ1n) is 7.51. The van der Waals surface area contributed by atoms with Gasteiger partial charge in [-0.1, -0.05) is 6.92 Å². The SMILES string of the molecule is CC1(F)CCC(C)(CNC(=O)c2ccc(C(F)(F)F)cn2)CC1. The average molecular weight is 332 g/mol. The summed E-state index contributed by atoms with van der Waals surface area (Å²) < 4.78 is 51.2. The lowest BCUT2D eigenvalue weighted by Crippen LogP contribution is -2.41. The van der Waals surface area contributed by atoms with Gasteiger partial charge in [0.15, 0.2) is 0 Å². The maximum absolute atomic E-state index is 13.8. The molecule has 0 unspecified atom stereocenters. The lowest BCUT2D eigenvalue weighted by Gasteiger charge is -2.39. The average Bonchev–Trinajstić information content (AvgIpc) is 2.48. The number of hydrogen-bond donors (Lipinski definition) is 1. The largest absolute Gasteiger partial charge is 0.417 e. The molecular weight excluding hydrogens is 312 g/mol. The van der Waals surface area contributed by atoms with Crippen molar-refractivity contribution in [3.05, 3.63) is 29.6 Å². The highest BCUT2D eigenvalue weighted by Crippen LogP contribution is 2.41. The monoisotopic (exact) mass is 332 g/mol. The summed E-state index contributed by atoms with van der Waals surface area (Å²) in [6.07, 6.45) is -1.64. The number of nitrogens with one attached hydrogen (secondary N) is 1. The Morgan fingerprint density at radius 1 is 1.22 bits per heavy atom. The Kier molecular flexibility index (Phi) is 4.69. The third-order valence-electron chi connectivity index (χ3n) is 4.50. The second-order valence-electron chi connectivity index (χ2n) is 6.84. The van der Waals surface area contributed by atoms with Gasteiger partial charge >= 0.3 is 6.18 Å². The van der Waals surface area contributed by atoms with E-state index in [-0.39, 0.29) is 11.1 Å². The summed E-state index contributed by atoms with van der Waals surface area (Å²) in [5, 5.41) is 2.69. The molecule has 1 aliphatic rings. The van der Waals surface area contributed by atoms with Crippen LogP contribution in [0.15, 0.2) is 18.3 Å². The van der Waals surface area contributed by atoms with Gasteiger partial charge in [-0.05, 0) is 50.2 Å². The Labute approximate surface area is 132 Å². The third kappa shape index (κ3) is 4.65. The van der Waals surface area contributed by atoms with Crippen LogP contribution in [0.2, 0.25) is 0 Å². The predicted molar refractivity (Wildman–Crippen MR) is 77.7 cm³/mol. The fraction of sp³-hybridized carbons (Fsp3) is 0.625. The number of aromatic nitrogens is 1. The first kappa shape index (κ1) is 17.7. The first-order chi connectivity index (χ1) is 10.5. The predicted octanol–water partition coefficient (Wildman–Crippen LogP) is 4.14. The van der Waals surface area contributed by atoms with E-state index in [0.29, 0.717) is 38.4 Å². The molecule has 23 heavy (non-hydrogen) atoms. The summed E-state index contributed by atoms with van der Waals surface area (Å²) in [4.78, 5) is 15.6. The van der Waals surface area contributed by atoms with Crippen molar-refractivity contribution >= 4 is 5.91 Å². The smallest absolute Gasteiger partial charge is 0.350 e. The van der Waals surface area contributed by atoms with Crippen molar-refractivity contribution in [3.63, 3.8) is 0 Å². The molecule has 1 aromatic heterocycles. The normalized spacial score (nSPS) is 28.4. The minimum atomic E-state index is -4.48. The fourth-order valence-electron chi connectivity index (χ4n) is 2.63. The standard InChI is InChI=1S/C16H20F4N2O/c1-14(5-7-15(2,17)8-6-14)10-22-13(23)12-4-3-11(9-21-12)16(18,19)20/h3-4,9H,5-8,10H2,1-2H3,(H,22,23). The molecular formula is C16H20F4N2O. The first-order valence-corrected chi connectivity index (χ1v) is 7.51. The van der Waals surface area contributed by atoms with Gasteiger partial charge in [0.25, 0.3) is 5.91 Å². The minimum Gasteiger partial charge on any atom is -0.350 e. The zero-order valence-corrected chi connectivity index (χ0v) is 13.1. The van der Waals surface area contributed by atoms with E-state index in [9.17, 15) is 22.4 Å². The summed E-state index contributed by atoms with van der Waals surface area (Å²) >= 11 is 0. The van der Waals surface area contributed by atoms with Crippen molar-refractivity contribution in [3.8, 4) is 0 Å². The highest BCUT2D eigenvalue weighted by Gasteiger charge is 2.37. The van der Waals surface area contributed by atoms with E-state index >= 15 is 0 Å². The lowest BCUT2D eigenvalue weighted by atomic mass is 9.71. The van der Waals surface area contributed by atoms with Gasteiger partial charge in [0, 0.05) is 12.7 Å². The molecule has 1 aliphatic carbocycles. The van der Waals surface area contributed by atoms with Crippen LogP contribution in [0.3, 0.4) is 0 Å². The lowest BCUT2D eigenvalue weighted by molar-refractivity contribution is -0.137. The quantitative estimate of drug-likeness (QED) is 0.845. The van der Waals surface area contributed by atoms with Gasteiger partial charge in [0.1, 0.15) is 11.4 Å². The van der Waals surface area contributed by atoms with E-state index in [4.69, 9.17) is 0 Å². The van der Waals surface area contributed by atoms with Gasteiger partial charge in [-0.3, -0.25) is 9.78 Å². The summed E-state index contributed by atoms with van der Waals surface area (Å²) in [5.74, 6) is -0.520. The van der Waals surface area contributed by atoms with Crippen LogP contribution < -0.4 is 5.32 Å². The number of pyridine rings is 1. The molecule has 0 atom stereocenters. The van der Waals surface area contributed by atoms with Crippen molar-refractivity contribution in [1.82, 2.24) is 10.3 Å². The van der Waals surface area contributed by atoms with E-state index in [1.807, 2.05) is 6.92 Å². The van der Waals surface area contributed by atoms with E-state index in [1.165, 1.54) is 0 Å². The zero-order chi connectivity index (χ0) is 17.3. The summed E-state index contributed by atoms with van der Waals surface area (Å²) in [6, 6.07) is 1.89. The molecule has 3 nitrogen and oxygen atoms in total. The van der Waals surface area contributed by atoms with Crippen LogP contribution in [0.1, 0.15) is 55.6 Å². The second-order valence-corrected chi connectivity index (χ2v) is 6.84. The van der Waals surface area contributed by atoms with E-state index in [0.717, 1.165) is 12.1 Å². The number of halogens is 4. The molecule has 1 saturated carbocycles. The summed E-state index contributed by atoms with van der Waals surface area (Å²) in [7, 11) is 0. The van der Waals surface area contributed by atoms with Crippen molar-refractivity contribution in [2.75, 3.05) is 6.54 Å². The van der Waals surface area contributed by atoms with Gasteiger partial charge in [0.2, 0.25) is 0 Å². The fourth-order valence-corrected chi connectivity index (χ4v) is 2.63. The second kappa shape index (κ2) is 6.09. The number of carbonyl (C=O) groups excluding carboxylic acids is 1. The van der Waals surface area contributed by atoms with Crippen LogP contribution in [0.4, 0.5) is 17.6 Å². The van der Waals surface area contributed by atoms with Crippen LogP contribution in [0.25, 0.3) is 0 Å². The molecule has 1 heterocycles. The van der Waals surface area contributed by atoms with Gasteiger partial charge in [-0.2, -0.15) is 13.2 Å². The molecule has 7 heteroatoms. The van der Waals surface area contributed by atoms with Crippen LogP contribution in [-0.4, -0.2) is 23.1 Å². The number of amides is 1. The Morgan fingerprint density at radius 3 is 2.30 bits per heavy atom. The van der Waals surface area contributed by atoms with Gasteiger partial charge in [-0.15, -0.1) is 0 Å². The van der Waals surface area contributed by atoms with Gasteiger partial charge in [-0.25, -0.2) is 4.39 Å². The van der Waals surface area contributed by atoms with E-state index < -0.39 is 23.3 Å². The summed E-state index contributed by atoms with van der Waals surface area (Å²) in [5.41, 5.74) is -2.31. The van der Waals surface area contributed by atoms with Crippen molar-refractivity contribution in [1.29, 1.82) is 0 Å². The Bertz CT molecular complexity index is 556. The molecule has 1 aromatic rings. The Hall–Kier alpha value is -1.66. The Balaban J connectivity index is 1.92. The number of carbonyl (C=O) groups is 1. The van der Waals surface area contributed by atoms with Crippen LogP contribution in [-0.2, 0) is 6.18 Å². The molecule has 0 aliphatic heterocycles. The zero-order valence-electron chi connectivity index (χ0n) is 13.1. The summed E-state index contributed by atoms with van der Waals surface area (Å²) in [6.45, 7) is 3.91. The molecule has 2 rings (SSSR count). The third-order valence-corrected chi connectivity index (χ3v) is 4.50. The van der Waals surface area contributed by atoms with E-state index in [1.54, 1.807) is 6.92 Å². The molecule has 128 valence electrons. The molecule has 1 amide bonds. The minimum absolute atomic E-state index is 0.0623. The number of hydrogen-bond acceptors (Lipinski definition) is 2. The Morgan fingerprint density at radius 2 is 1.83 bits per heavy atom.